The predicted molar refractivity (Wildman–Crippen MR) is 90.7 cm³/mol. The van der Waals surface area contributed by atoms with Gasteiger partial charge < -0.3 is 20.5 Å². The van der Waals surface area contributed by atoms with Crippen LogP contribution in [0.3, 0.4) is 0 Å². The highest BCUT2D eigenvalue weighted by atomic mass is 79.9. The Morgan fingerprint density at radius 3 is 2.13 bits per heavy atom. The Morgan fingerprint density at radius 1 is 1.13 bits per heavy atom. The third-order valence-electron chi connectivity index (χ3n) is 2.73. The zero-order chi connectivity index (χ0) is 18.3. The second kappa shape index (κ2) is 9.10. The van der Waals surface area contributed by atoms with Crippen LogP contribution in [0, 0.1) is 0 Å². The highest BCUT2D eigenvalue weighted by Crippen LogP contribution is 2.15. The van der Waals surface area contributed by atoms with Crippen molar-refractivity contribution >= 4 is 33.9 Å². The van der Waals surface area contributed by atoms with E-state index in [1.165, 1.54) is 0 Å². The Morgan fingerprint density at radius 2 is 1.70 bits per heavy atom. The first-order valence-corrected chi connectivity index (χ1v) is 8.32. The maximum atomic E-state index is 11.6. The van der Waals surface area contributed by atoms with Crippen LogP contribution in [-0.4, -0.2) is 45.6 Å². The van der Waals surface area contributed by atoms with E-state index in [9.17, 15) is 14.4 Å². The molecule has 2 amide bonds. The average molecular weight is 395 g/mol. The van der Waals surface area contributed by atoms with E-state index in [0.717, 1.165) is 0 Å². The van der Waals surface area contributed by atoms with Gasteiger partial charge in [0.25, 0.3) is 0 Å². The standard InChI is InChI=1S/C15H27BrN2O5/c1-14(2,3)23-13(22)18-10(11(19)20)8-6-7-9-17-12(21)15(4,5)16/h10H,6-9H2,1-5H3,(H,17,21)(H,18,22)(H,19,20)/t10-/m0/s1. The summed E-state index contributed by atoms with van der Waals surface area (Å²) in [6, 6.07) is -1.01. The van der Waals surface area contributed by atoms with Crippen molar-refractivity contribution in [2.24, 2.45) is 0 Å². The fourth-order valence-electron chi connectivity index (χ4n) is 1.59. The molecule has 0 heterocycles. The van der Waals surface area contributed by atoms with Gasteiger partial charge >= 0.3 is 12.1 Å². The second-order valence-corrected chi connectivity index (χ2v) is 8.74. The van der Waals surface area contributed by atoms with Gasteiger partial charge in [0.05, 0.1) is 4.32 Å². The maximum Gasteiger partial charge on any atom is 0.408 e. The first-order valence-electron chi connectivity index (χ1n) is 7.52. The van der Waals surface area contributed by atoms with Gasteiger partial charge in [-0.3, -0.25) is 4.79 Å². The molecule has 0 saturated heterocycles. The molecule has 0 aromatic heterocycles. The number of carboxylic acids is 1. The number of ether oxygens (including phenoxy) is 1. The van der Waals surface area contributed by atoms with Gasteiger partial charge in [-0.25, -0.2) is 9.59 Å². The summed E-state index contributed by atoms with van der Waals surface area (Å²) < 4.78 is 4.41. The minimum absolute atomic E-state index is 0.126. The Hall–Kier alpha value is -1.31. The lowest BCUT2D eigenvalue weighted by Crippen LogP contribution is -2.43. The van der Waals surface area contributed by atoms with Crippen LogP contribution < -0.4 is 10.6 Å². The summed E-state index contributed by atoms with van der Waals surface area (Å²) in [6.07, 6.45) is 0.686. The van der Waals surface area contributed by atoms with Gasteiger partial charge in [-0.15, -0.1) is 0 Å². The lowest BCUT2D eigenvalue weighted by molar-refractivity contribution is -0.139. The number of carboxylic acid groups (broad SMARTS) is 1. The number of aliphatic carboxylic acids is 1. The van der Waals surface area contributed by atoms with Crippen LogP contribution in [0.25, 0.3) is 0 Å². The van der Waals surface area contributed by atoms with E-state index in [2.05, 4.69) is 26.6 Å². The van der Waals surface area contributed by atoms with Gasteiger partial charge in [0, 0.05) is 6.54 Å². The number of nitrogens with one attached hydrogen (secondary N) is 2. The third-order valence-corrected chi connectivity index (χ3v) is 3.09. The SMILES string of the molecule is CC(C)(C)OC(=O)N[C@@H](CCCCNC(=O)C(C)(C)Br)C(=O)O. The van der Waals surface area contributed by atoms with Crippen molar-refractivity contribution in [2.75, 3.05) is 6.54 Å². The normalized spacial score (nSPS) is 13.1. The average Bonchev–Trinajstić information content (AvgIpc) is 2.32. The van der Waals surface area contributed by atoms with Crippen LogP contribution in [0.2, 0.25) is 0 Å². The summed E-state index contributed by atoms with van der Waals surface area (Å²) in [5.74, 6) is -1.24. The fraction of sp³-hybridized carbons (Fsp3) is 0.800. The summed E-state index contributed by atoms with van der Waals surface area (Å²) in [5, 5.41) is 14.2. The van der Waals surface area contributed by atoms with Gasteiger partial charge in [0.1, 0.15) is 11.6 Å². The molecule has 0 radical (unpaired) electrons. The molecule has 0 aromatic rings. The topological polar surface area (TPSA) is 105 Å². The van der Waals surface area contributed by atoms with E-state index in [1.807, 2.05) is 0 Å². The van der Waals surface area contributed by atoms with E-state index in [-0.39, 0.29) is 12.3 Å². The number of halogens is 1. The molecule has 0 fully saturated rings. The van der Waals surface area contributed by atoms with Crippen LogP contribution in [0.1, 0.15) is 53.9 Å². The second-order valence-electron chi connectivity index (χ2n) is 6.76. The lowest BCUT2D eigenvalue weighted by atomic mass is 10.1. The zero-order valence-corrected chi connectivity index (χ0v) is 15.9. The number of carbonyl (C=O) groups excluding carboxylic acids is 2. The largest absolute Gasteiger partial charge is 0.480 e. The number of carbonyl (C=O) groups is 3. The fourth-order valence-corrected chi connectivity index (χ4v) is 1.73. The number of hydrogen-bond acceptors (Lipinski definition) is 4. The lowest BCUT2D eigenvalue weighted by Gasteiger charge is -2.22. The summed E-state index contributed by atoms with van der Waals surface area (Å²) in [6.45, 7) is 9.05. The first kappa shape index (κ1) is 21.7. The van der Waals surface area contributed by atoms with Crippen molar-refractivity contribution in [2.45, 2.75) is 69.8 Å². The van der Waals surface area contributed by atoms with Gasteiger partial charge in [-0.2, -0.15) is 0 Å². The monoisotopic (exact) mass is 394 g/mol. The van der Waals surface area contributed by atoms with Gasteiger partial charge in [-0.1, -0.05) is 15.9 Å². The molecule has 0 aromatic carbocycles. The summed E-state index contributed by atoms with van der Waals surface area (Å²) >= 11 is 3.26. The van der Waals surface area contributed by atoms with Crippen molar-refractivity contribution in [3.05, 3.63) is 0 Å². The quantitative estimate of drug-likeness (QED) is 0.433. The van der Waals surface area contributed by atoms with Gasteiger partial charge in [-0.05, 0) is 53.9 Å². The molecule has 0 bridgehead atoms. The minimum atomic E-state index is -1.11. The molecule has 0 unspecified atom stereocenters. The summed E-state index contributed by atoms with van der Waals surface area (Å²) in [7, 11) is 0. The van der Waals surface area contributed by atoms with Crippen molar-refractivity contribution in [3.63, 3.8) is 0 Å². The highest BCUT2D eigenvalue weighted by Gasteiger charge is 2.24. The Kier molecular flexibility index (Phi) is 8.58. The molecular formula is C15H27BrN2O5. The number of amides is 2. The highest BCUT2D eigenvalue weighted by molar-refractivity contribution is 9.10. The summed E-state index contributed by atoms with van der Waals surface area (Å²) in [4.78, 5) is 34.4. The molecule has 7 nitrogen and oxygen atoms in total. The van der Waals surface area contributed by atoms with E-state index < -0.39 is 28.0 Å². The number of hydrogen-bond donors (Lipinski definition) is 3. The number of unbranched alkanes of at least 4 members (excludes halogenated alkanes) is 1. The van der Waals surface area contributed by atoms with Gasteiger partial charge in [0.2, 0.25) is 5.91 Å². The molecule has 0 spiro atoms. The third kappa shape index (κ3) is 11.0. The van der Waals surface area contributed by atoms with Crippen LogP contribution in [0.15, 0.2) is 0 Å². The molecule has 8 heteroatoms. The molecule has 23 heavy (non-hydrogen) atoms. The molecule has 0 rings (SSSR count). The van der Waals surface area contributed by atoms with Gasteiger partial charge in [0.15, 0.2) is 0 Å². The van der Waals surface area contributed by atoms with E-state index in [1.54, 1.807) is 34.6 Å². The Labute approximate surface area is 145 Å². The van der Waals surface area contributed by atoms with Crippen LogP contribution >= 0.6 is 15.9 Å². The van der Waals surface area contributed by atoms with Crippen molar-refractivity contribution in [3.8, 4) is 0 Å². The van der Waals surface area contributed by atoms with Crippen LogP contribution in [0.5, 0.6) is 0 Å². The number of alkyl carbamates (subject to hydrolysis) is 1. The van der Waals surface area contributed by atoms with E-state index in [0.29, 0.717) is 19.4 Å². The molecule has 134 valence electrons. The molecule has 1 atom stereocenters. The smallest absolute Gasteiger partial charge is 0.408 e. The number of alkyl halides is 1. The zero-order valence-electron chi connectivity index (χ0n) is 14.4. The van der Waals surface area contributed by atoms with Crippen LogP contribution in [-0.2, 0) is 14.3 Å². The minimum Gasteiger partial charge on any atom is -0.480 e. The van der Waals surface area contributed by atoms with Crippen LogP contribution in [0.4, 0.5) is 4.79 Å². The molecule has 0 saturated carbocycles. The molecule has 3 N–H and O–H groups in total. The molecular weight excluding hydrogens is 368 g/mol. The predicted octanol–water partition coefficient (Wildman–Crippen LogP) is 2.42. The molecule has 0 aliphatic heterocycles. The maximum absolute atomic E-state index is 11.6. The van der Waals surface area contributed by atoms with E-state index >= 15 is 0 Å². The molecule has 0 aliphatic carbocycles. The number of rotatable bonds is 8. The first-order chi connectivity index (χ1) is 10.3. The van der Waals surface area contributed by atoms with Crippen molar-refractivity contribution in [1.82, 2.24) is 10.6 Å². The molecule has 0 aliphatic rings. The summed E-state index contributed by atoms with van der Waals surface area (Å²) in [5.41, 5.74) is -0.681. The Bertz CT molecular complexity index is 427. The van der Waals surface area contributed by atoms with E-state index in [4.69, 9.17) is 9.84 Å². The van der Waals surface area contributed by atoms with Crippen molar-refractivity contribution in [1.29, 1.82) is 0 Å². The van der Waals surface area contributed by atoms with Crippen molar-refractivity contribution < 1.29 is 24.2 Å². The Balaban J connectivity index is 4.14.